The number of carboxylic acid groups (broad SMARTS) is 1. The molecule has 1 aromatic carbocycles. The third-order valence-electron chi connectivity index (χ3n) is 3.09. The third-order valence-corrected chi connectivity index (χ3v) is 3.09. The highest BCUT2D eigenvalue weighted by Crippen LogP contribution is 2.22. The van der Waals surface area contributed by atoms with Gasteiger partial charge in [-0.15, -0.1) is 0 Å². The van der Waals surface area contributed by atoms with Gasteiger partial charge in [-0.25, -0.2) is 14.4 Å². The number of esters is 1. The average molecular weight is 336 g/mol. The Morgan fingerprint density at radius 1 is 1.25 bits per heavy atom. The summed E-state index contributed by atoms with van der Waals surface area (Å²) >= 11 is 0. The topological polar surface area (TPSA) is 139 Å². The van der Waals surface area contributed by atoms with Crippen molar-refractivity contribution in [1.82, 2.24) is 10.2 Å². The Morgan fingerprint density at radius 3 is 2.50 bits per heavy atom. The van der Waals surface area contributed by atoms with Crippen LogP contribution in [0.5, 0.6) is 5.75 Å². The SMILES string of the molecule is COC(=O)COc1ccc(CN2C(=O)NC(=O)C2=O)cc1C(=O)O. The molecule has 10 nitrogen and oxygen atoms in total. The van der Waals surface area contributed by atoms with Crippen molar-refractivity contribution in [2.45, 2.75) is 6.54 Å². The van der Waals surface area contributed by atoms with Crippen molar-refractivity contribution in [3.05, 3.63) is 29.3 Å². The number of urea groups is 1. The minimum absolute atomic E-state index is 0.0788. The second kappa shape index (κ2) is 6.77. The van der Waals surface area contributed by atoms with Crippen LogP contribution in [0.2, 0.25) is 0 Å². The van der Waals surface area contributed by atoms with Crippen molar-refractivity contribution < 1.29 is 38.6 Å². The zero-order chi connectivity index (χ0) is 17.9. The van der Waals surface area contributed by atoms with Gasteiger partial charge in [0, 0.05) is 0 Å². The molecule has 1 aliphatic rings. The third kappa shape index (κ3) is 3.48. The zero-order valence-electron chi connectivity index (χ0n) is 12.4. The van der Waals surface area contributed by atoms with E-state index < -0.39 is 36.4 Å². The number of carboxylic acids is 1. The minimum Gasteiger partial charge on any atom is -0.481 e. The second-order valence-corrected chi connectivity index (χ2v) is 4.65. The lowest BCUT2D eigenvalue weighted by Crippen LogP contribution is -2.30. The van der Waals surface area contributed by atoms with E-state index in [0.717, 1.165) is 7.11 Å². The number of imide groups is 2. The van der Waals surface area contributed by atoms with Crippen molar-refractivity contribution in [2.24, 2.45) is 0 Å². The zero-order valence-corrected chi connectivity index (χ0v) is 12.4. The number of rotatable bonds is 6. The summed E-state index contributed by atoms with van der Waals surface area (Å²) < 4.78 is 9.45. The van der Waals surface area contributed by atoms with Gasteiger partial charge in [-0.2, -0.15) is 0 Å². The summed E-state index contributed by atoms with van der Waals surface area (Å²) in [5.74, 6) is -4.16. The minimum atomic E-state index is -1.33. The number of amides is 4. The first-order valence-corrected chi connectivity index (χ1v) is 6.56. The maximum Gasteiger partial charge on any atom is 0.343 e. The molecular weight excluding hydrogens is 324 g/mol. The van der Waals surface area contributed by atoms with E-state index in [4.69, 9.17) is 4.74 Å². The fraction of sp³-hybridized carbons (Fsp3) is 0.214. The van der Waals surface area contributed by atoms with Gasteiger partial charge in [0.05, 0.1) is 13.7 Å². The van der Waals surface area contributed by atoms with Crippen molar-refractivity contribution in [1.29, 1.82) is 0 Å². The molecule has 1 heterocycles. The number of carbonyl (C=O) groups excluding carboxylic acids is 4. The number of methoxy groups -OCH3 is 1. The molecule has 1 saturated heterocycles. The maximum atomic E-state index is 11.5. The molecule has 24 heavy (non-hydrogen) atoms. The Bertz CT molecular complexity index is 742. The van der Waals surface area contributed by atoms with Crippen molar-refractivity contribution in [2.75, 3.05) is 13.7 Å². The van der Waals surface area contributed by atoms with Crippen LogP contribution < -0.4 is 10.1 Å². The fourth-order valence-corrected chi connectivity index (χ4v) is 1.92. The lowest BCUT2D eigenvalue weighted by Gasteiger charge is -2.13. The summed E-state index contributed by atoms with van der Waals surface area (Å²) in [5.41, 5.74) is 0.0193. The van der Waals surface area contributed by atoms with E-state index in [0.29, 0.717) is 4.90 Å². The average Bonchev–Trinajstić information content (AvgIpc) is 2.79. The summed E-state index contributed by atoms with van der Waals surface area (Å²) in [7, 11) is 1.16. The van der Waals surface area contributed by atoms with Crippen molar-refractivity contribution in [3.63, 3.8) is 0 Å². The Kier molecular flexibility index (Phi) is 4.78. The first kappa shape index (κ1) is 16.9. The fourth-order valence-electron chi connectivity index (χ4n) is 1.92. The predicted octanol–water partition coefficient (Wildman–Crippen LogP) is -0.485. The molecule has 10 heteroatoms. The largest absolute Gasteiger partial charge is 0.481 e. The van der Waals surface area contributed by atoms with E-state index in [1.54, 1.807) is 0 Å². The number of ether oxygens (including phenoxy) is 2. The Morgan fingerprint density at radius 2 is 1.96 bits per heavy atom. The number of nitrogens with zero attached hydrogens (tertiary/aromatic N) is 1. The molecule has 1 fully saturated rings. The molecular formula is C14H12N2O8. The van der Waals surface area contributed by atoms with E-state index in [-0.39, 0.29) is 23.4 Å². The highest BCUT2D eigenvalue weighted by Gasteiger charge is 2.36. The second-order valence-electron chi connectivity index (χ2n) is 4.65. The summed E-state index contributed by atoms with van der Waals surface area (Å²) in [5, 5.41) is 11.0. The molecule has 0 unspecified atom stereocenters. The Balaban J connectivity index is 2.21. The van der Waals surface area contributed by atoms with E-state index >= 15 is 0 Å². The van der Waals surface area contributed by atoms with Gasteiger partial charge in [-0.1, -0.05) is 6.07 Å². The summed E-state index contributed by atoms with van der Waals surface area (Å²) in [6, 6.07) is 2.98. The summed E-state index contributed by atoms with van der Waals surface area (Å²) in [6.07, 6.45) is 0. The molecule has 1 aliphatic heterocycles. The van der Waals surface area contributed by atoms with Gasteiger partial charge < -0.3 is 14.6 Å². The van der Waals surface area contributed by atoms with Gasteiger partial charge >= 0.3 is 29.8 Å². The lowest BCUT2D eigenvalue weighted by atomic mass is 10.1. The molecule has 126 valence electrons. The number of aromatic carboxylic acids is 1. The molecule has 0 saturated carbocycles. The monoisotopic (exact) mass is 336 g/mol. The highest BCUT2D eigenvalue weighted by molar-refractivity contribution is 6.44. The van der Waals surface area contributed by atoms with Crippen LogP contribution in [0.25, 0.3) is 0 Å². The highest BCUT2D eigenvalue weighted by atomic mass is 16.6. The van der Waals surface area contributed by atoms with E-state index in [2.05, 4.69) is 4.74 Å². The van der Waals surface area contributed by atoms with Gasteiger partial charge in [-0.3, -0.25) is 19.8 Å². The predicted molar refractivity (Wildman–Crippen MR) is 75.0 cm³/mol. The molecule has 2 N–H and O–H groups in total. The number of hydrogen-bond acceptors (Lipinski definition) is 7. The van der Waals surface area contributed by atoms with E-state index in [1.807, 2.05) is 5.32 Å². The van der Waals surface area contributed by atoms with Gasteiger partial charge in [0.15, 0.2) is 6.61 Å². The molecule has 0 aliphatic carbocycles. The quantitative estimate of drug-likeness (QED) is 0.403. The number of nitrogens with one attached hydrogen (secondary N) is 1. The van der Waals surface area contributed by atoms with Gasteiger partial charge in [0.1, 0.15) is 11.3 Å². The standard InChI is InChI=1S/C14H12N2O8/c1-23-10(17)6-24-9-3-2-7(4-8(9)13(20)21)5-16-12(19)11(18)15-14(16)22/h2-4H,5-6H2,1H3,(H,20,21)(H,15,18,22). The molecule has 2 rings (SSSR count). The summed E-state index contributed by atoms with van der Waals surface area (Å²) in [6.45, 7) is -0.758. The van der Waals surface area contributed by atoms with Crippen molar-refractivity contribution in [3.8, 4) is 5.75 Å². The Hall–Kier alpha value is -3.43. The molecule has 0 spiro atoms. The van der Waals surface area contributed by atoms with Crippen molar-refractivity contribution >= 4 is 29.8 Å². The van der Waals surface area contributed by atoms with Crippen LogP contribution in [0.15, 0.2) is 18.2 Å². The molecule has 0 bridgehead atoms. The maximum absolute atomic E-state index is 11.5. The molecule has 4 amide bonds. The number of carbonyl (C=O) groups is 5. The van der Waals surface area contributed by atoms with Crippen LogP contribution in [0, 0.1) is 0 Å². The molecule has 0 aromatic heterocycles. The number of benzene rings is 1. The Labute approximate surface area is 134 Å². The summed E-state index contributed by atoms with van der Waals surface area (Å²) in [4.78, 5) is 57.1. The first-order chi connectivity index (χ1) is 11.3. The first-order valence-electron chi connectivity index (χ1n) is 6.56. The molecule has 1 aromatic rings. The molecule has 0 radical (unpaired) electrons. The number of hydrogen-bond donors (Lipinski definition) is 2. The van der Waals surface area contributed by atoms with E-state index in [1.165, 1.54) is 18.2 Å². The lowest BCUT2D eigenvalue weighted by molar-refractivity contribution is -0.142. The van der Waals surface area contributed by atoms with Crippen LogP contribution in [0.4, 0.5) is 4.79 Å². The van der Waals surface area contributed by atoms with Crippen LogP contribution in [-0.4, -0.2) is 53.5 Å². The van der Waals surface area contributed by atoms with Gasteiger partial charge in [0.25, 0.3) is 0 Å². The van der Waals surface area contributed by atoms with Crippen LogP contribution >= 0.6 is 0 Å². The van der Waals surface area contributed by atoms with Gasteiger partial charge in [0.2, 0.25) is 0 Å². The normalized spacial score (nSPS) is 13.7. The van der Waals surface area contributed by atoms with Crippen LogP contribution in [0.1, 0.15) is 15.9 Å². The van der Waals surface area contributed by atoms with Crippen LogP contribution in [-0.2, 0) is 25.7 Å². The van der Waals surface area contributed by atoms with Crippen LogP contribution in [0.3, 0.4) is 0 Å². The van der Waals surface area contributed by atoms with E-state index in [9.17, 15) is 29.1 Å². The smallest absolute Gasteiger partial charge is 0.343 e. The van der Waals surface area contributed by atoms with Gasteiger partial charge in [-0.05, 0) is 17.7 Å². The molecule has 0 atom stereocenters.